The Morgan fingerprint density at radius 3 is 2.63 bits per heavy atom. The Morgan fingerprint density at radius 2 is 1.86 bits per heavy atom. The van der Waals surface area contributed by atoms with Crippen LogP contribution in [0, 0.1) is 0 Å². The number of ether oxygens (including phenoxy) is 1. The maximum Gasteiger partial charge on any atom is 0.253 e. The minimum Gasteiger partial charge on any atom is -0.375 e. The number of para-hydroxylation sites is 1. The number of aryl methyl sites for hydroxylation is 1. The summed E-state index contributed by atoms with van der Waals surface area (Å²) in [4.78, 5) is 38.9. The molecule has 0 aliphatic carbocycles. The van der Waals surface area contributed by atoms with Crippen molar-refractivity contribution in [1.82, 2.24) is 24.8 Å². The van der Waals surface area contributed by atoms with Crippen molar-refractivity contribution in [2.75, 3.05) is 19.0 Å². The number of benzene rings is 2. The van der Waals surface area contributed by atoms with Crippen molar-refractivity contribution in [2.24, 2.45) is 7.05 Å². The Kier molecular flexibility index (Phi) is 6.21. The molecule has 2 N–H and O–H groups in total. The third-order valence-electron chi connectivity index (χ3n) is 5.45. The summed E-state index contributed by atoms with van der Waals surface area (Å²) < 4.78 is 7.85. The molecule has 0 saturated carbocycles. The number of hydrogen-bond acceptors (Lipinski definition) is 7. The number of nitrogens with zero attached hydrogens (tertiary/aromatic N) is 4. The van der Waals surface area contributed by atoms with Crippen molar-refractivity contribution in [3.05, 3.63) is 71.5 Å². The standard InChI is InChI=1S/C25H22N6O3S/c1-31-23-17(25(33)27-13-22-29-18-5-3-4-6-20(18)35-22)11-16(28-21(32)14-34-2)12-19(23)30-24(31)15-7-9-26-10-8-15/h3-12H,13-14H2,1-2H3,(H,27,33)(H,28,32). The number of fused-ring (bicyclic) bond motifs is 2. The molecule has 2 amide bonds. The van der Waals surface area contributed by atoms with E-state index < -0.39 is 0 Å². The van der Waals surface area contributed by atoms with E-state index in [1.807, 2.05) is 48.0 Å². The van der Waals surface area contributed by atoms with E-state index in [2.05, 4.69) is 20.6 Å². The molecule has 0 saturated heterocycles. The van der Waals surface area contributed by atoms with Crippen LogP contribution >= 0.6 is 11.3 Å². The summed E-state index contributed by atoms with van der Waals surface area (Å²) in [5.41, 5.74) is 3.86. The quantitative estimate of drug-likeness (QED) is 0.362. The van der Waals surface area contributed by atoms with E-state index >= 15 is 0 Å². The van der Waals surface area contributed by atoms with Gasteiger partial charge in [-0.05, 0) is 36.4 Å². The van der Waals surface area contributed by atoms with Crippen molar-refractivity contribution < 1.29 is 14.3 Å². The SMILES string of the molecule is COCC(=O)Nc1cc(C(=O)NCc2nc3ccccc3s2)c2c(c1)nc(-c1ccncc1)n2C. The number of anilines is 1. The zero-order valence-electron chi connectivity index (χ0n) is 19.1. The summed E-state index contributed by atoms with van der Waals surface area (Å²) in [6, 6.07) is 15.0. The van der Waals surface area contributed by atoms with Crippen molar-refractivity contribution in [2.45, 2.75) is 6.54 Å². The number of pyridine rings is 1. The topological polar surface area (TPSA) is 111 Å². The Hall–Kier alpha value is -4.15. The van der Waals surface area contributed by atoms with Gasteiger partial charge in [-0.2, -0.15) is 0 Å². The van der Waals surface area contributed by atoms with Crippen LogP contribution in [0.3, 0.4) is 0 Å². The van der Waals surface area contributed by atoms with Gasteiger partial charge in [0.2, 0.25) is 5.91 Å². The first-order valence-corrected chi connectivity index (χ1v) is 11.7. The summed E-state index contributed by atoms with van der Waals surface area (Å²) >= 11 is 1.54. The lowest BCUT2D eigenvalue weighted by Gasteiger charge is -2.11. The van der Waals surface area contributed by atoms with Crippen LogP contribution < -0.4 is 10.6 Å². The third-order valence-corrected chi connectivity index (χ3v) is 6.49. The molecule has 5 aromatic rings. The number of nitrogens with one attached hydrogen (secondary N) is 2. The number of carbonyl (C=O) groups excluding carboxylic acids is 2. The fraction of sp³-hybridized carbons (Fsp3) is 0.160. The lowest BCUT2D eigenvalue weighted by molar-refractivity contribution is -0.119. The Labute approximate surface area is 204 Å². The molecule has 3 aromatic heterocycles. The molecule has 0 fully saturated rings. The Morgan fingerprint density at radius 1 is 1.06 bits per heavy atom. The van der Waals surface area contributed by atoms with Crippen LogP contribution in [0.15, 0.2) is 60.9 Å². The Balaban J connectivity index is 1.52. The van der Waals surface area contributed by atoms with Gasteiger partial charge in [-0.25, -0.2) is 9.97 Å². The minimum absolute atomic E-state index is 0.0956. The number of hydrogen-bond donors (Lipinski definition) is 2. The molecular formula is C25H22N6O3S. The second-order valence-electron chi connectivity index (χ2n) is 7.86. The summed E-state index contributed by atoms with van der Waals surface area (Å²) in [6.45, 7) is 0.191. The van der Waals surface area contributed by atoms with Gasteiger partial charge < -0.3 is 19.9 Å². The number of carbonyl (C=O) groups is 2. The lowest BCUT2D eigenvalue weighted by atomic mass is 10.1. The van der Waals surface area contributed by atoms with Crippen LogP contribution in [0.5, 0.6) is 0 Å². The second-order valence-corrected chi connectivity index (χ2v) is 8.98. The van der Waals surface area contributed by atoms with E-state index in [4.69, 9.17) is 9.72 Å². The molecule has 0 atom stereocenters. The van der Waals surface area contributed by atoms with E-state index in [-0.39, 0.29) is 25.0 Å². The number of thiazole rings is 1. The fourth-order valence-corrected chi connectivity index (χ4v) is 4.84. The van der Waals surface area contributed by atoms with Crippen LogP contribution in [-0.4, -0.2) is 45.1 Å². The second kappa shape index (κ2) is 9.61. The Bertz CT molecular complexity index is 1510. The molecular weight excluding hydrogens is 464 g/mol. The zero-order valence-corrected chi connectivity index (χ0v) is 19.9. The molecule has 10 heteroatoms. The van der Waals surface area contributed by atoms with Gasteiger partial charge in [0, 0.05) is 37.8 Å². The molecule has 9 nitrogen and oxygen atoms in total. The van der Waals surface area contributed by atoms with Gasteiger partial charge in [-0.15, -0.1) is 11.3 Å². The highest BCUT2D eigenvalue weighted by molar-refractivity contribution is 7.18. The number of methoxy groups -OCH3 is 1. The predicted molar refractivity (Wildman–Crippen MR) is 135 cm³/mol. The summed E-state index contributed by atoms with van der Waals surface area (Å²) in [6.07, 6.45) is 3.38. The normalized spacial score (nSPS) is 11.1. The van der Waals surface area contributed by atoms with Gasteiger partial charge in [0.25, 0.3) is 5.91 Å². The van der Waals surface area contributed by atoms with Gasteiger partial charge in [-0.3, -0.25) is 14.6 Å². The highest BCUT2D eigenvalue weighted by atomic mass is 32.1. The molecule has 0 aliphatic heterocycles. The van der Waals surface area contributed by atoms with E-state index in [1.165, 1.54) is 18.4 Å². The highest BCUT2D eigenvalue weighted by Gasteiger charge is 2.20. The number of imidazole rings is 1. The van der Waals surface area contributed by atoms with E-state index in [0.29, 0.717) is 28.1 Å². The van der Waals surface area contributed by atoms with E-state index in [0.717, 1.165) is 20.8 Å². The number of rotatable bonds is 7. The monoisotopic (exact) mass is 486 g/mol. The van der Waals surface area contributed by atoms with E-state index in [9.17, 15) is 9.59 Å². The molecule has 0 bridgehead atoms. The average molecular weight is 487 g/mol. The molecule has 35 heavy (non-hydrogen) atoms. The van der Waals surface area contributed by atoms with Crippen molar-refractivity contribution >= 4 is 50.1 Å². The third kappa shape index (κ3) is 4.61. The highest BCUT2D eigenvalue weighted by Crippen LogP contribution is 2.29. The molecule has 3 heterocycles. The summed E-state index contributed by atoms with van der Waals surface area (Å²) in [5.74, 6) is 0.0716. The van der Waals surface area contributed by atoms with E-state index in [1.54, 1.807) is 24.5 Å². The lowest BCUT2D eigenvalue weighted by Crippen LogP contribution is -2.24. The average Bonchev–Trinajstić information content (AvgIpc) is 3.43. The smallest absolute Gasteiger partial charge is 0.253 e. The minimum atomic E-state index is -0.321. The molecule has 5 rings (SSSR count). The maximum absolute atomic E-state index is 13.4. The molecule has 176 valence electrons. The van der Waals surface area contributed by atoms with Crippen LogP contribution in [-0.2, 0) is 23.1 Å². The first kappa shape index (κ1) is 22.6. The summed E-state index contributed by atoms with van der Waals surface area (Å²) in [7, 11) is 3.31. The largest absolute Gasteiger partial charge is 0.375 e. The fourth-order valence-electron chi connectivity index (χ4n) is 3.93. The van der Waals surface area contributed by atoms with Gasteiger partial charge in [0.05, 0.1) is 33.4 Å². The van der Waals surface area contributed by atoms with Crippen molar-refractivity contribution in [1.29, 1.82) is 0 Å². The molecule has 0 radical (unpaired) electrons. The van der Waals surface area contributed by atoms with Crippen LogP contribution in [0.25, 0.3) is 32.6 Å². The first-order chi connectivity index (χ1) is 17.0. The van der Waals surface area contributed by atoms with Crippen LogP contribution in [0.4, 0.5) is 5.69 Å². The van der Waals surface area contributed by atoms with Gasteiger partial charge >= 0.3 is 0 Å². The van der Waals surface area contributed by atoms with Gasteiger partial charge in [0.15, 0.2) is 0 Å². The molecule has 0 unspecified atom stereocenters. The van der Waals surface area contributed by atoms with Crippen LogP contribution in [0.2, 0.25) is 0 Å². The van der Waals surface area contributed by atoms with Crippen molar-refractivity contribution in [3.8, 4) is 11.4 Å². The first-order valence-electron chi connectivity index (χ1n) is 10.9. The zero-order chi connectivity index (χ0) is 24.4. The van der Waals surface area contributed by atoms with Gasteiger partial charge in [0.1, 0.15) is 17.4 Å². The molecule has 2 aromatic carbocycles. The van der Waals surface area contributed by atoms with Crippen molar-refractivity contribution in [3.63, 3.8) is 0 Å². The summed E-state index contributed by atoms with van der Waals surface area (Å²) in [5, 5.41) is 6.56. The predicted octanol–water partition coefficient (Wildman–Crippen LogP) is 3.76. The maximum atomic E-state index is 13.4. The molecule has 0 spiro atoms. The number of aromatic nitrogens is 4. The molecule has 0 aliphatic rings. The van der Waals surface area contributed by atoms with Gasteiger partial charge in [-0.1, -0.05) is 12.1 Å². The van der Waals surface area contributed by atoms with Crippen LogP contribution in [0.1, 0.15) is 15.4 Å². The number of amides is 2.